The van der Waals surface area contributed by atoms with E-state index in [9.17, 15) is 31.1 Å². The van der Waals surface area contributed by atoms with Crippen LogP contribution < -0.4 is 18.9 Å². The highest BCUT2D eigenvalue weighted by molar-refractivity contribution is 5.68. The van der Waals surface area contributed by atoms with Crippen molar-refractivity contribution in [2.45, 2.75) is 58.8 Å². The molecule has 4 aromatic carbocycles. The Hall–Kier alpha value is -4.67. The molecule has 0 radical (unpaired) electrons. The van der Waals surface area contributed by atoms with E-state index in [-0.39, 0.29) is 64.4 Å². The molecule has 268 valence electrons. The largest absolute Gasteiger partial charge is 0.493 e. The molecule has 0 bridgehead atoms. The number of aldehydes is 1. The van der Waals surface area contributed by atoms with Crippen LogP contribution >= 0.6 is 0 Å². The summed E-state index contributed by atoms with van der Waals surface area (Å²) in [5.74, 6) is -6.04. The summed E-state index contributed by atoms with van der Waals surface area (Å²) in [6.07, 6.45) is 5.75. The normalized spacial score (nSPS) is 11.1. The van der Waals surface area contributed by atoms with Crippen LogP contribution in [0, 0.1) is 40.8 Å². The minimum absolute atomic E-state index is 0.0986. The summed E-state index contributed by atoms with van der Waals surface area (Å²) in [4.78, 5) is 11.2. The fraction of sp³-hybridized carbons (Fsp3) is 0.359. The van der Waals surface area contributed by atoms with Gasteiger partial charge in [0, 0.05) is 40.8 Å². The van der Waals surface area contributed by atoms with Crippen LogP contribution in [-0.2, 0) is 4.79 Å². The zero-order valence-corrected chi connectivity index (χ0v) is 28.0. The fourth-order valence-corrected chi connectivity index (χ4v) is 5.59. The second-order valence-electron chi connectivity index (χ2n) is 11.6. The SMILES string of the molecule is CCOc1ccc(-c2ccc(OCCCCC(CC=O)CCCCOc3ccc(-c4ccc(OCC)c(F)c4F)c(F)c3)cc2F)c(F)c1F. The van der Waals surface area contributed by atoms with Crippen molar-refractivity contribution in [1.29, 1.82) is 0 Å². The average molecular weight is 703 g/mol. The van der Waals surface area contributed by atoms with Crippen molar-refractivity contribution in [3.63, 3.8) is 0 Å². The standard InChI is InChI=1S/C39H40F6O5/c1-3-47-34-17-15-30(36(42)38(34)44)28-13-11-26(23-32(28)40)49-21-7-5-9-25(19-20-46)10-6-8-22-50-27-12-14-29(33(41)24-27)31-16-18-35(48-4-2)39(45)37(31)43/h11-18,20,23-25H,3-10,19,21-22H2,1-2H3. The van der Waals surface area contributed by atoms with E-state index in [2.05, 4.69) is 0 Å². The number of ether oxygens (including phenoxy) is 4. The lowest BCUT2D eigenvalue weighted by atomic mass is 9.93. The van der Waals surface area contributed by atoms with Crippen LogP contribution in [0.3, 0.4) is 0 Å². The number of carbonyl (C=O) groups excluding carboxylic acids is 1. The molecule has 0 spiro atoms. The van der Waals surface area contributed by atoms with Crippen LogP contribution in [0.4, 0.5) is 26.3 Å². The number of rotatable bonds is 20. The number of benzene rings is 4. The fourth-order valence-electron chi connectivity index (χ4n) is 5.59. The molecule has 0 fully saturated rings. The van der Waals surface area contributed by atoms with Crippen LogP contribution in [0.15, 0.2) is 60.7 Å². The summed E-state index contributed by atoms with van der Waals surface area (Å²) >= 11 is 0. The van der Waals surface area contributed by atoms with Gasteiger partial charge < -0.3 is 23.7 Å². The molecule has 0 heterocycles. The molecule has 50 heavy (non-hydrogen) atoms. The molecule has 4 rings (SSSR count). The van der Waals surface area contributed by atoms with Crippen molar-refractivity contribution in [1.82, 2.24) is 0 Å². The van der Waals surface area contributed by atoms with Crippen LogP contribution in [0.2, 0.25) is 0 Å². The topological polar surface area (TPSA) is 54.0 Å². The summed E-state index contributed by atoms with van der Waals surface area (Å²) in [5, 5.41) is 0. The minimum Gasteiger partial charge on any atom is -0.493 e. The van der Waals surface area contributed by atoms with E-state index in [1.54, 1.807) is 13.8 Å². The molecule has 0 N–H and O–H groups in total. The average Bonchev–Trinajstić information content (AvgIpc) is 3.09. The maximum atomic E-state index is 14.8. The number of unbranched alkanes of at least 4 members (excludes halogenated alkanes) is 2. The maximum Gasteiger partial charge on any atom is 0.201 e. The summed E-state index contributed by atoms with van der Waals surface area (Å²) in [5.41, 5.74) is -0.636. The Balaban J connectivity index is 1.17. The van der Waals surface area contributed by atoms with Crippen molar-refractivity contribution in [2.24, 2.45) is 5.92 Å². The molecule has 11 heteroatoms. The van der Waals surface area contributed by atoms with Gasteiger partial charge in [0.2, 0.25) is 11.6 Å². The highest BCUT2D eigenvalue weighted by Crippen LogP contribution is 2.34. The molecule has 0 amide bonds. The molecular weight excluding hydrogens is 662 g/mol. The first-order chi connectivity index (χ1) is 24.2. The van der Waals surface area contributed by atoms with E-state index in [1.165, 1.54) is 48.5 Å². The zero-order chi connectivity index (χ0) is 36.0. The third-order valence-corrected chi connectivity index (χ3v) is 8.14. The Bertz CT molecular complexity index is 1610. The van der Waals surface area contributed by atoms with Gasteiger partial charge in [-0.25, -0.2) is 17.6 Å². The van der Waals surface area contributed by atoms with Crippen molar-refractivity contribution in [3.05, 3.63) is 95.6 Å². The summed E-state index contributed by atoms with van der Waals surface area (Å²) in [6.45, 7) is 4.23. The van der Waals surface area contributed by atoms with Crippen LogP contribution in [0.1, 0.15) is 58.8 Å². The Labute approximate surface area is 288 Å². The van der Waals surface area contributed by atoms with Crippen LogP contribution in [0.25, 0.3) is 22.3 Å². The van der Waals surface area contributed by atoms with E-state index >= 15 is 0 Å². The smallest absolute Gasteiger partial charge is 0.201 e. The Morgan fingerprint density at radius 3 is 1.34 bits per heavy atom. The number of hydrogen-bond donors (Lipinski definition) is 0. The Morgan fingerprint density at radius 1 is 0.540 bits per heavy atom. The molecule has 0 unspecified atom stereocenters. The molecule has 0 aliphatic rings. The predicted molar refractivity (Wildman–Crippen MR) is 179 cm³/mol. The number of carbonyl (C=O) groups is 1. The number of hydrogen-bond acceptors (Lipinski definition) is 5. The molecular formula is C39H40F6O5. The van der Waals surface area contributed by atoms with Gasteiger partial charge in [-0.05, 0) is 107 Å². The first-order valence-electron chi connectivity index (χ1n) is 16.7. The van der Waals surface area contributed by atoms with Gasteiger partial charge in [0.1, 0.15) is 29.4 Å². The second-order valence-corrected chi connectivity index (χ2v) is 11.6. The molecule has 0 saturated heterocycles. The predicted octanol–water partition coefficient (Wildman–Crippen LogP) is 10.7. The van der Waals surface area contributed by atoms with Crippen molar-refractivity contribution in [2.75, 3.05) is 26.4 Å². The summed E-state index contributed by atoms with van der Waals surface area (Å²) in [6, 6.07) is 13.0. The van der Waals surface area contributed by atoms with E-state index in [4.69, 9.17) is 18.9 Å². The van der Waals surface area contributed by atoms with E-state index in [1.807, 2.05) is 0 Å². The van der Waals surface area contributed by atoms with Crippen LogP contribution in [-0.4, -0.2) is 32.7 Å². The lowest BCUT2D eigenvalue weighted by Gasteiger charge is -2.15. The number of halogens is 6. The molecule has 4 aromatic rings. The zero-order valence-electron chi connectivity index (χ0n) is 28.0. The van der Waals surface area contributed by atoms with Crippen LogP contribution in [0.5, 0.6) is 23.0 Å². The van der Waals surface area contributed by atoms with Gasteiger partial charge in [-0.15, -0.1) is 0 Å². The van der Waals surface area contributed by atoms with Gasteiger partial charge in [0.05, 0.1) is 26.4 Å². The monoisotopic (exact) mass is 702 g/mol. The lowest BCUT2D eigenvalue weighted by molar-refractivity contribution is -0.108. The third-order valence-electron chi connectivity index (χ3n) is 8.14. The van der Waals surface area contributed by atoms with Gasteiger partial charge >= 0.3 is 0 Å². The summed E-state index contributed by atoms with van der Waals surface area (Å²) < 4.78 is 109. The van der Waals surface area contributed by atoms with Gasteiger partial charge in [-0.1, -0.05) is 0 Å². The van der Waals surface area contributed by atoms with Gasteiger partial charge in [0.25, 0.3) is 0 Å². The van der Waals surface area contributed by atoms with Gasteiger partial charge in [-0.3, -0.25) is 0 Å². The highest BCUT2D eigenvalue weighted by Gasteiger charge is 2.20. The van der Waals surface area contributed by atoms with Crippen molar-refractivity contribution >= 4 is 6.29 Å². The molecule has 5 nitrogen and oxygen atoms in total. The van der Waals surface area contributed by atoms with Gasteiger partial charge in [-0.2, -0.15) is 8.78 Å². The molecule has 0 saturated carbocycles. The van der Waals surface area contributed by atoms with E-state index < -0.39 is 34.9 Å². The maximum absolute atomic E-state index is 14.8. The first kappa shape index (κ1) is 38.1. The van der Waals surface area contributed by atoms with E-state index in [0.717, 1.165) is 44.1 Å². The first-order valence-corrected chi connectivity index (χ1v) is 16.7. The van der Waals surface area contributed by atoms with Crippen molar-refractivity contribution < 1.29 is 50.1 Å². The van der Waals surface area contributed by atoms with Gasteiger partial charge in [0.15, 0.2) is 23.1 Å². The van der Waals surface area contributed by atoms with E-state index in [0.29, 0.717) is 32.5 Å². The Kier molecular flexibility index (Phi) is 14.4. The quantitative estimate of drug-likeness (QED) is 0.0521. The molecule has 0 aromatic heterocycles. The Morgan fingerprint density at radius 2 is 0.960 bits per heavy atom. The molecule has 0 aliphatic carbocycles. The third kappa shape index (κ3) is 9.95. The highest BCUT2D eigenvalue weighted by atomic mass is 19.2. The molecule has 0 atom stereocenters. The minimum atomic E-state index is -1.19. The summed E-state index contributed by atoms with van der Waals surface area (Å²) in [7, 11) is 0. The second kappa shape index (κ2) is 18.9. The molecule has 0 aliphatic heterocycles. The van der Waals surface area contributed by atoms with Crippen molar-refractivity contribution in [3.8, 4) is 45.3 Å². The lowest BCUT2D eigenvalue weighted by Crippen LogP contribution is -2.05.